The standard InChI is InChI=1S/C17H23FN2O2/c18-12-4-6-19(10-12)13-7-11-8-16(21)22-17(11)9-14(13)20-5-2-1-3-15(17)20/h8,12-15H,1-7,9-10H2. The van der Waals surface area contributed by atoms with E-state index in [1.807, 2.05) is 0 Å². The highest BCUT2D eigenvalue weighted by atomic mass is 19.1. The molecular weight excluding hydrogens is 283 g/mol. The molecule has 0 radical (unpaired) electrons. The molecule has 1 spiro atoms. The van der Waals surface area contributed by atoms with Crippen molar-refractivity contribution >= 4 is 5.97 Å². The van der Waals surface area contributed by atoms with Crippen LogP contribution in [0.1, 0.15) is 38.5 Å². The normalized spacial score (nSPS) is 48.0. The Labute approximate surface area is 130 Å². The summed E-state index contributed by atoms with van der Waals surface area (Å²) in [5.41, 5.74) is 0.850. The van der Waals surface area contributed by atoms with Crippen LogP contribution < -0.4 is 0 Å². The molecule has 5 aliphatic rings. The van der Waals surface area contributed by atoms with Crippen LogP contribution in [0.15, 0.2) is 11.6 Å². The monoisotopic (exact) mass is 306 g/mol. The highest BCUT2D eigenvalue weighted by Crippen LogP contribution is 2.55. The first kappa shape index (κ1) is 13.5. The van der Waals surface area contributed by atoms with Crippen molar-refractivity contribution in [2.24, 2.45) is 0 Å². The highest BCUT2D eigenvalue weighted by Gasteiger charge is 2.64. The third-order valence-electron chi connectivity index (χ3n) is 6.64. The van der Waals surface area contributed by atoms with Crippen molar-refractivity contribution in [2.75, 3.05) is 19.6 Å². The van der Waals surface area contributed by atoms with Gasteiger partial charge in [-0.3, -0.25) is 9.80 Å². The van der Waals surface area contributed by atoms with E-state index < -0.39 is 6.17 Å². The van der Waals surface area contributed by atoms with Gasteiger partial charge in [0, 0.05) is 37.7 Å². The van der Waals surface area contributed by atoms with E-state index in [1.54, 1.807) is 6.08 Å². The summed E-state index contributed by atoms with van der Waals surface area (Å²) in [7, 11) is 0. The van der Waals surface area contributed by atoms with Gasteiger partial charge >= 0.3 is 5.97 Å². The Morgan fingerprint density at radius 2 is 2.14 bits per heavy atom. The number of nitrogens with zero attached hydrogens (tertiary/aromatic N) is 2. The van der Waals surface area contributed by atoms with Crippen LogP contribution in [0, 0.1) is 0 Å². The second kappa shape index (κ2) is 4.54. The largest absolute Gasteiger partial charge is 0.450 e. The fourth-order valence-electron chi connectivity index (χ4n) is 5.78. The van der Waals surface area contributed by atoms with Gasteiger partial charge in [-0.2, -0.15) is 0 Å². The summed E-state index contributed by atoms with van der Waals surface area (Å²) in [6.07, 6.45) is 7.11. The maximum absolute atomic E-state index is 13.7. The van der Waals surface area contributed by atoms with Crippen LogP contribution in [0.5, 0.6) is 0 Å². The van der Waals surface area contributed by atoms with Crippen LogP contribution in [-0.4, -0.2) is 65.3 Å². The number of fused-ring (bicyclic) bond motifs is 3. The number of carbonyl (C=O) groups excluding carboxylic acids is 1. The maximum Gasteiger partial charge on any atom is 0.331 e. The molecule has 0 aromatic heterocycles. The number of rotatable bonds is 1. The number of halogens is 1. The highest BCUT2D eigenvalue weighted by molar-refractivity contribution is 5.87. The van der Waals surface area contributed by atoms with Crippen LogP contribution in [0.25, 0.3) is 0 Å². The van der Waals surface area contributed by atoms with Crippen LogP contribution in [0.3, 0.4) is 0 Å². The zero-order chi connectivity index (χ0) is 14.9. The summed E-state index contributed by atoms with van der Waals surface area (Å²) in [5.74, 6) is -0.161. The fraction of sp³-hybridized carbons (Fsp3) is 0.824. The summed E-state index contributed by atoms with van der Waals surface area (Å²) in [6.45, 7) is 2.52. The fourth-order valence-corrected chi connectivity index (χ4v) is 5.78. The minimum atomic E-state index is -0.680. The molecule has 0 amide bonds. The lowest BCUT2D eigenvalue weighted by Crippen LogP contribution is -2.51. The second-order valence-corrected chi connectivity index (χ2v) is 7.65. The van der Waals surface area contributed by atoms with Crippen LogP contribution >= 0.6 is 0 Å². The lowest BCUT2D eigenvalue weighted by Gasteiger charge is -2.40. The zero-order valence-corrected chi connectivity index (χ0v) is 12.8. The number of hydrogen-bond acceptors (Lipinski definition) is 4. The predicted molar refractivity (Wildman–Crippen MR) is 79.1 cm³/mol. The Bertz CT molecular complexity index is 551. The minimum absolute atomic E-state index is 0.161. The first-order valence-corrected chi connectivity index (χ1v) is 8.75. The smallest absolute Gasteiger partial charge is 0.331 e. The molecule has 3 saturated heterocycles. The Morgan fingerprint density at radius 3 is 2.95 bits per heavy atom. The third-order valence-corrected chi connectivity index (χ3v) is 6.64. The molecule has 4 aliphatic heterocycles. The number of piperidine rings is 1. The van der Waals surface area contributed by atoms with Crippen LogP contribution in [-0.2, 0) is 9.53 Å². The van der Waals surface area contributed by atoms with Crippen molar-refractivity contribution in [1.29, 1.82) is 0 Å². The van der Waals surface area contributed by atoms with Gasteiger partial charge in [0.2, 0.25) is 0 Å². The lowest BCUT2D eigenvalue weighted by molar-refractivity contribution is -0.148. The maximum atomic E-state index is 13.7. The number of ether oxygens (including phenoxy) is 1. The minimum Gasteiger partial charge on any atom is -0.450 e. The number of hydrogen-bond donors (Lipinski definition) is 0. The molecule has 0 aromatic rings. The number of alkyl halides is 1. The summed E-state index contributed by atoms with van der Waals surface area (Å²) < 4.78 is 19.6. The molecule has 5 rings (SSSR count). The van der Waals surface area contributed by atoms with E-state index in [0.29, 0.717) is 31.1 Å². The average molecular weight is 306 g/mol. The van der Waals surface area contributed by atoms with Gasteiger partial charge in [0.1, 0.15) is 6.17 Å². The first-order chi connectivity index (χ1) is 10.7. The molecule has 5 heteroatoms. The molecule has 22 heavy (non-hydrogen) atoms. The van der Waals surface area contributed by atoms with E-state index >= 15 is 0 Å². The molecular formula is C17H23FN2O2. The van der Waals surface area contributed by atoms with Crippen LogP contribution in [0.4, 0.5) is 4.39 Å². The van der Waals surface area contributed by atoms with Gasteiger partial charge < -0.3 is 4.74 Å². The van der Waals surface area contributed by atoms with E-state index in [4.69, 9.17) is 4.74 Å². The van der Waals surface area contributed by atoms with Gasteiger partial charge in [-0.25, -0.2) is 9.18 Å². The van der Waals surface area contributed by atoms with Gasteiger partial charge in [0.05, 0.1) is 6.04 Å². The van der Waals surface area contributed by atoms with Crippen molar-refractivity contribution < 1.29 is 13.9 Å². The first-order valence-electron chi connectivity index (χ1n) is 8.75. The van der Waals surface area contributed by atoms with Crippen molar-refractivity contribution in [1.82, 2.24) is 9.80 Å². The molecule has 1 saturated carbocycles. The van der Waals surface area contributed by atoms with Crippen molar-refractivity contribution in [2.45, 2.75) is 68.4 Å². The quantitative estimate of drug-likeness (QED) is 0.690. The molecule has 0 aromatic carbocycles. The summed E-state index contributed by atoms with van der Waals surface area (Å²) in [4.78, 5) is 16.9. The third kappa shape index (κ3) is 1.67. The molecule has 4 nitrogen and oxygen atoms in total. The van der Waals surface area contributed by atoms with Crippen LogP contribution in [0.2, 0.25) is 0 Å². The topological polar surface area (TPSA) is 32.8 Å². The second-order valence-electron chi connectivity index (χ2n) is 7.65. The average Bonchev–Trinajstić information content (AvgIpc) is 3.15. The van der Waals surface area contributed by atoms with Crippen molar-refractivity contribution in [3.05, 3.63) is 11.6 Å². The van der Waals surface area contributed by atoms with Gasteiger partial charge in [-0.05, 0) is 37.8 Å². The molecule has 5 unspecified atom stereocenters. The number of carbonyl (C=O) groups is 1. The molecule has 120 valence electrons. The van der Waals surface area contributed by atoms with E-state index in [9.17, 15) is 9.18 Å². The lowest BCUT2D eigenvalue weighted by atomic mass is 9.75. The summed E-state index contributed by atoms with van der Waals surface area (Å²) >= 11 is 0. The van der Waals surface area contributed by atoms with Gasteiger partial charge in [0.25, 0.3) is 0 Å². The SMILES string of the molecule is O=C1C=C2CC(N3CCC(F)C3)C3CC2(O1)C1CCCCN31. The molecule has 1 aliphatic carbocycles. The summed E-state index contributed by atoms with van der Waals surface area (Å²) in [6, 6.07) is 1.15. The Hall–Kier alpha value is -0.940. The van der Waals surface area contributed by atoms with Gasteiger partial charge in [-0.15, -0.1) is 0 Å². The van der Waals surface area contributed by atoms with Gasteiger partial charge in [0.15, 0.2) is 5.60 Å². The Morgan fingerprint density at radius 1 is 1.23 bits per heavy atom. The van der Waals surface area contributed by atoms with E-state index in [-0.39, 0.29) is 11.6 Å². The van der Waals surface area contributed by atoms with E-state index in [2.05, 4.69) is 9.80 Å². The number of likely N-dealkylation sites (tertiary alicyclic amines) is 1. The Balaban J connectivity index is 1.53. The van der Waals surface area contributed by atoms with Crippen molar-refractivity contribution in [3.63, 3.8) is 0 Å². The van der Waals surface area contributed by atoms with E-state index in [0.717, 1.165) is 32.4 Å². The predicted octanol–water partition coefficient (Wildman–Crippen LogP) is 1.65. The van der Waals surface area contributed by atoms with Gasteiger partial charge in [-0.1, -0.05) is 6.42 Å². The Kier molecular flexibility index (Phi) is 2.79. The zero-order valence-electron chi connectivity index (χ0n) is 12.8. The molecule has 2 bridgehead atoms. The molecule has 4 fully saturated rings. The number of esters is 1. The summed E-state index contributed by atoms with van der Waals surface area (Å²) in [5, 5.41) is 0. The molecule has 5 atom stereocenters. The van der Waals surface area contributed by atoms with E-state index in [1.165, 1.54) is 18.4 Å². The molecule has 4 heterocycles. The van der Waals surface area contributed by atoms with Crippen molar-refractivity contribution in [3.8, 4) is 0 Å². The molecule has 0 N–H and O–H groups in total.